The number of hydrogen-bond donors (Lipinski definition) is 24. The number of nitrogens with two attached hydrogens (primary N) is 2. The molecule has 0 radical (unpaired) electrons. The van der Waals surface area contributed by atoms with Crippen LogP contribution in [-0.2, 0) is 88.5 Å². The van der Waals surface area contributed by atoms with Gasteiger partial charge in [0.15, 0.2) is 11.9 Å². The molecule has 2 fully saturated rings. The first kappa shape index (κ1) is 97.3. The number of nitrogens with one attached hydrogen (secondary N) is 19. The first-order chi connectivity index (χ1) is 60.2. The van der Waals surface area contributed by atoms with Crippen LogP contribution in [0.2, 0.25) is 0 Å². The second-order valence-electron chi connectivity index (χ2n) is 27.7. The number of carboxylic acids is 2. The maximum Gasteiger partial charge on any atom is 0.330 e. The van der Waals surface area contributed by atoms with Crippen molar-refractivity contribution in [2.75, 3.05) is 44.7 Å². The maximum absolute atomic E-state index is 14.8. The molecule has 1 unspecified atom stereocenters. The zero-order valence-corrected chi connectivity index (χ0v) is 68.2. The van der Waals surface area contributed by atoms with Crippen molar-refractivity contribution in [3.63, 3.8) is 0 Å². The van der Waals surface area contributed by atoms with Gasteiger partial charge in [0, 0.05) is 50.8 Å². The van der Waals surface area contributed by atoms with Gasteiger partial charge in [0.25, 0.3) is 45.6 Å². The highest BCUT2D eigenvalue weighted by Gasteiger charge is 2.34. The minimum absolute atomic E-state index is 0.0207. The molecule has 5 atom stereocenters. The molecule has 26 N–H and O–H groups in total. The molecule has 45 heteroatoms. The quantitative estimate of drug-likeness (QED) is 0.00490. The third-order valence-corrected chi connectivity index (χ3v) is 18.9. The summed E-state index contributed by atoms with van der Waals surface area (Å²) < 4.78 is 33.6. The first-order valence-corrected chi connectivity index (χ1v) is 40.4. The van der Waals surface area contributed by atoms with Gasteiger partial charge in [0.2, 0.25) is 47.3 Å². The van der Waals surface area contributed by atoms with E-state index in [-0.39, 0.29) is 101 Å². The summed E-state index contributed by atoms with van der Waals surface area (Å²) in [5.41, 5.74) is 11.7. The lowest BCUT2D eigenvalue weighted by Crippen LogP contribution is -2.55. The molecule has 7 rings (SSSR count). The summed E-state index contributed by atoms with van der Waals surface area (Å²) in [5, 5.41) is 77.8. The van der Waals surface area contributed by atoms with E-state index in [4.69, 9.17) is 22.3 Å². The lowest BCUT2D eigenvalue weighted by Gasteiger charge is -2.24. The molecule has 5 aromatic rings. The Morgan fingerprint density at radius 2 is 1.16 bits per heavy atom. The Labute approximate surface area is 719 Å². The topological polar surface area (TPSA) is 697 Å². The molecule has 0 aliphatic carbocycles. The average molecular weight is 1760 g/mol. The summed E-state index contributed by atoms with van der Waals surface area (Å²) >= 11 is 0. The number of nitrogens with zero attached hydrogens (tertiary/aromatic N) is 2. The van der Waals surface area contributed by atoms with Gasteiger partial charge in [-0.15, -0.1) is 0 Å². The number of anilines is 1. The third-order valence-electron chi connectivity index (χ3n) is 18.0. The lowest BCUT2D eigenvalue weighted by atomic mass is 10.0. The van der Waals surface area contributed by atoms with Crippen molar-refractivity contribution in [1.82, 2.24) is 90.1 Å². The average Bonchev–Trinajstić information content (AvgIpc) is 1.25. The normalized spacial score (nSPS) is 18.2. The van der Waals surface area contributed by atoms with Crippen LogP contribution >= 0.6 is 0 Å². The number of amides is 14. The predicted molar refractivity (Wildman–Crippen MR) is 453 cm³/mol. The number of guanidine groups is 2. The number of aliphatic carboxylic acids is 2. The zero-order chi connectivity index (χ0) is 91.7. The second-order valence-corrected chi connectivity index (χ2v) is 29.1. The van der Waals surface area contributed by atoms with Crippen molar-refractivity contribution < 1.29 is 99.9 Å². The maximum atomic E-state index is 14.8. The highest BCUT2D eigenvalue weighted by Crippen LogP contribution is 2.17. The molecule has 2 aliphatic rings. The number of rotatable bonds is 35. The number of allylic oxidation sites excluding steroid dienone is 1. The van der Waals surface area contributed by atoms with Crippen LogP contribution in [0, 0.1) is 10.8 Å². The zero-order valence-electron chi connectivity index (χ0n) is 67.4. The van der Waals surface area contributed by atoms with Crippen molar-refractivity contribution in [3.8, 4) is 0 Å². The molecule has 2 aliphatic heterocycles. The fraction of sp³-hybridized carbons (Fsp3) is 0.284. The Hall–Kier alpha value is -15.8. The van der Waals surface area contributed by atoms with Gasteiger partial charge >= 0.3 is 11.9 Å². The van der Waals surface area contributed by atoms with Crippen LogP contribution in [0.15, 0.2) is 190 Å². The number of unbranched alkanes of at least 4 members (excludes halogenated alkanes) is 2. The van der Waals surface area contributed by atoms with Crippen LogP contribution in [0.4, 0.5) is 5.82 Å². The molecule has 1 aromatic heterocycles. The number of benzene rings is 4. The van der Waals surface area contributed by atoms with E-state index in [1.54, 1.807) is 91.0 Å². The van der Waals surface area contributed by atoms with E-state index in [9.17, 15) is 99.9 Å². The SMILES string of the molecule is N=C(N)NCC/C=C1\NC(=O)/C(=C\CCCNC(=O)C(CCC(=O)NCCCC[C@@H]2NC(=O)/C(=C/c3ccccc3)NC(=O)[C@H](CC(=O)O)NC(=O)CNC(=O)[C@H](CCCNC(=N)N)NC2=O)NC(=O)/C(=C/c2ccccc2)NC(=O)c2ccc(NN=Cc3ccccc3S(=O)(=O)O)nc2)NC(=O)[C@@H](Cc2ccccc2)NC(=O)/C(=C\C(=O)O)NC(=O)CNC1=O. The van der Waals surface area contributed by atoms with Crippen LogP contribution in [0.5, 0.6) is 0 Å². The lowest BCUT2D eigenvalue weighted by molar-refractivity contribution is -0.140. The van der Waals surface area contributed by atoms with Gasteiger partial charge in [0.05, 0.1) is 37.4 Å². The Bertz CT molecular complexity index is 5180. The highest BCUT2D eigenvalue weighted by atomic mass is 32.2. The fourth-order valence-electron chi connectivity index (χ4n) is 11.8. The molecule has 666 valence electrons. The summed E-state index contributed by atoms with van der Waals surface area (Å²) in [5.74, 6) is -18.3. The Kier molecular flexibility index (Phi) is 38.4. The molecule has 126 heavy (non-hydrogen) atoms. The van der Waals surface area contributed by atoms with Gasteiger partial charge < -0.3 is 107 Å². The van der Waals surface area contributed by atoms with Gasteiger partial charge in [-0.1, -0.05) is 121 Å². The summed E-state index contributed by atoms with van der Waals surface area (Å²) in [6, 6.07) is 24.3. The molecule has 2 saturated heterocycles. The molecular formula is C81H95N23O21S. The Morgan fingerprint density at radius 3 is 1.83 bits per heavy atom. The number of aromatic nitrogens is 1. The second kappa shape index (κ2) is 49.8. The van der Waals surface area contributed by atoms with Crippen LogP contribution in [0.3, 0.4) is 0 Å². The number of pyridine rings is 1. The van der Waals surface area contributed by atoms with Crippen molar-refractivity contribution in [3.05, 3.63) is 208 Å². The smallest absolute Gasteiger partial charge is 0.330 e. The molecular weight excluding hydrogens is 1660 g/mol. The van der Waals surface area contributed by atoms with E-state index >= 15 is 0 Å². The van der Waals surface area contributed by atoms with E-state index in [0.29, 0.717) is 22.8 Å². The number of carbonyl (C=O) groups excluding carboxylic acids is 14. The number of carboxylic acid groups (broad SMARTS) is 2. The standard InChI is InChI=1S/C81H95N23O21S/c82-80(83)88-36-16-27-52-71(114)91-45-65(106)94-60(41-67(108)109)78(121)102-58(39-48-20-6-2-7-21-48)76(119)98-54(73(116)96-52)25-12-14-34-86-64(105)33-31-56(100-75(118)57(38-47-18-4-1-5-19-47)101-69(112)51-30-32-63(90-43-51)104-93-44-50-24-10-11-29-62(50)126(123,124)125)70(113)87-35-15-13-26-55-74(117)97-53(28-17-37-89-81(84)85)72(115)92-46-66(107)95-61(42-68(110)111)79(122)103-59(77(120)99-55)40-49-22-8-3-9-23-49/h1-11,18-24,26,28-30,32,38-39,42-44,52,54,56,59-60H,12-17,25,27,31,33-37,40-41,45-46H2,(H,86,105)(H,87,113)(H,90,104)(H,91,114)(H,92,115)(H,94,106)(H,95,107)(H,96,116)(H,97,117)(H,98,119)(H,99,120)(H,100,118)(H,101,112)(H,102,121)(H,103,122)(H,108,109)(H,110,111)(H4,82,83,88)(H4,84,85,89)(H,123,124,125)/b53-28-,55-26+,57-38-,58-39-,61-42+,93-44?/t52-,54-,56?,59+,60-/m0/s1. The molecule has 4 aromatic carbocycles. The number of hydrazone groups is 1. The van der Waals surface area contributed by atoms with E-state index in [0.717, 1.165) is 18.5 Å². The summed E-state index contributed by atoms with van der Waals surface area (Å²) in [6.45, 7) is -2.10. The summed E-state index contributed by atoms with van der Waals surface area (Å²) in [7, 11) is -4.63. The van der Waals surface area contributed by atoms with E-state index in [1.807, 2.05) is 0 Å². The fourth-order valence-corrected chi connectivity index (χ4v) is 12.4. The highest BCUT2D eigenvalue weighted by molar-refractivity contribution is 7.86. The molecule has 0 bridgehead atoms. The number of carbonyl (C=O) groups is 16. The largest absolute Gasteiger partial charge is 0.481 e. The van der Waals surface area contributed by atoms with Crippen molar-refractivity contribution in [2.45, 2.75) is 112 Å². The van der Waals surface area contributed by atoms with E-state index in [1.165, 1.54) is 54.6 Å². The van der Waals surface area contributed by atoms with Crippen LogP contribution in [0.1, 0.15) is 103 Å². The van der Waals surface area contributed by atoms with Gasteiger partial charge in [-0.3, -0.25) is 92.7 Å². The number of hydrogen-bond acceptors (Lipinski definition) is 23. The van der Waals surface area contributed by atoms with Crippen molar-refractivity contribution in [1.29, 1.82) is 10.8 Å². The van der Waals surface area contributed by atoms with Crippen molar-refractivity contribution in [2.24, 2.45) is 16.6 Å². The van der Waals surface area contributed by atoms with Crippen LogP contribution in [-0.4, -0.2) is 210 Å². The Morgan fingerprint density at radius 1 is 0.563 bits per heavy atom. The monoisotopic (exact) mass is 1760 g/mol. The van der Waals surface area contributed by atoms with Crippen LogP contribution in [0.25, 0.3) is 12.2 Å². The van der Waals surface area contributed by atoms with Gasteiger partial charge in [-0.05, 0) is 105 Å². The predicted octanol–water partition coefficient (Wildman–Crippen LogP) is -2.71. The molecule has 0 spiro atoms. The van der Waals surface area contributed by atoms with Gasteiger partial charge in [0.1, 0.15) is 69.4 Å². The molecule has 3 heterocycles. The Balaban J connectivity index is 1.15. The molecule has 44 nitrogen and oxygen atoms in total. The van der Waals surface area contributed by atoms with E-state index < -0.39 is 213 Å². The third kappa shape index (κ3) is 34.4. The minimum Gasteiger partial charge on any atom is -0.481 e. The van der Waals surface area contributed by atoms with Gasteiger partial charge in [-0.25, -0.2) is 9.78 Å². The first-order valence-electron chi connectivity index (χ1n) is 39.0. The summed E-state index contributed by atoms with van der Waals surface area (Å²) in [6.07, 6.45) is 4.72. The van der Waals surface area contributed by atoms with Crippen LogP contribution < -0.4 is 102 Å². The van der Waals surface area contributed by atoms with Gasteiger partial charge in [-0.2, -0.15) is 13.5 Å². The molecule has 14 amide bonds. The summed E-state index contributed by atoms with van der Waals surface area (Å²) in [4.78, 5) is 224. The van der Waals surface area contributed by atoms with Crippen molar-refractivity contribution >= 4 is 141 Å². The molecule has 0 saturated carbocycles. The van der Waals surface area contributed by atoms with E-state index in [2.05, 4.69) is 101 Å². The minimum atomic E-state index is -4.63.